The summed E-state index contributed by atoms with van der Waals surface area (Å²) in [4.78, 5) is 21.0. The molecule has 0 bridgehead atoms. The second-order valence-corrected chi connectivity index (χ2v) is 3.46. The van der Waals surface area contributed by atoms with Gasteiger partial charge in [-0.3, -0.25) is 9.59 Å². The number of Topliss-reactive ketones (excluding diaryl/α,β-unsaturated/α-hetero) is 1. The fourth-order valence-electron chi connectivity index (χ4n) is 0.841. The Kier molecular flexibility index (Phi) is 3.73. The van der Waals surface area contributed by atoms with Crippen LogP contribution in [0.4, 0.5) is 0 Å². The molecule has 2 unspecified atom stereocenters. The molecule has 0 rings (SSSR count). The molecule has 0 amide bonds. The van der Waals surface area contributed by atoms with Crippen molar-refractivity contribution in [2.75, 3.05) is 0 Å². The SMILES string of the molecule is CC(=O)C(S)C(C)(O)CC(=O)O. The minimum Gasteiger partial charge on any atom is -0.481 e. The normalized spacial score (nSPS) is 18.0. The van der Waals surface area contributed by atoms with E-state index in [0.29, 0.717) is 0 Å². The molecule has 0 heterocycles. The zero-order chi connectivity index (χ0) is 9.94. The first-order chi connectivity index (χ1) is 5.27. The van der Waals surface area contributed by atoms with Crippen LogP contribution in [0.5, 0.6) is 0 Å². The van der Waals surface area contributed by atoms with Crippen molar-refractivity contribution in [1.82, 2.24) is 0 Å². The summed E-state index contributed by atoms with van der Waals surface area (Å²) in [5, 5.41) is 16.9. The van der Waals surface area contributed by atoms with Crippen molar-refractivity contribution in [3.8, 4) is 0 Å². The summed E-state index contributed by atoms with van der Waals surface area (Å²) in [6.07, 6.45) is -0.485. The highest BCUT2D eigenvalue weighted by atomic mass is 32.1. The van der Waals surface area contributed by atoms with Crippen molar-refractivity contribution in [2.45, 2.75) is 31.1 Å². The van der Waals surface area contributed by atoms with Gasteiger partial charge in [-0.2, -0.15) is 12.6 Å². The Morgan fingerprint density at radius 1 is 1.58 bits per heavy atom. The Balaban J connectivity index is 4.38. The van der Waals surface area contributed by atoms with Crippen LogP contribution in [0, 0.1) is 0 Å². The monoisotopic (exact) mass is 192 g/mol. The van der Waals surface area contributed by atoms with Crippen LogP contribution in [0.3, 0.4) is 0 Å². The van der Waals surface area contributed by atoms with Crippen molar-refractivity contribution in [3.05, 3.63) is 0 Å². The van der Waals surface area contributed by atoms with Gasteiger partial charge in [0.25, 0.3) is 0 Å². The highest BCUT2D eigenvalue weighted by Gasteiger charge is 2.34. The van der Waals surface area contributed by atoms with Crippen molar-refractivity contribution in [2.24, 2.45) is 0 Å². The maximum absolute atomic E-state index is 10.7. The molecule has 0 aromatic carbocycles. The number of hydrogen-bond acceptors (Lipinski definition) is 4. The van der Waals surface area contributed by atoms with Gasteiger partial charge in [0.2, 0.25) is 0 Å². The van der Waals surface area contributed by atoms with Crippen molar-refractivity contribution in [3.63, 3.8) is 0 Å². The summed E-state index contributed by atoms with van der Waals surface area (Å²) in [5.41, 5.74) is -1.58. The van der Waals surface area contributed by atoms with Gasteiger partial charge < -0.3 is 10.2 Å². The van der Waals surface area contributed by atoms with Gasteiger partial charge in [-0.05, 0) is 13.8 Å². The highest BCUT2D eigenvalue weighted by Crippen LogP contribution is 2.20. The van der Waals surface area contributed by atoms with Gasteiger partial charge in [0.15, 0.2) is 0 Å². The number of aliphatic hydroxyl groups is 1. The molecule has 0 aliphatic carbocycles. The topological polar surface area (TPSA) is 74.6 Å². The second-order valence-electron chi connectivity index (χ2n) is 2.94. The maximum atomic E-state index is 10.7. The van der Waals surface area contributed by atoms with Gasteiger partial charge in [0.05, 0.1) is 17.3 Å². The number of carbonyl (C=O) groups is 2. The second kappa shape index (κ2) is 3.91. The number of thiol groups is 1. The molecular weight excluding hydrogens is 180 g/mol. The Labute approximate surface area is 76.0 Å². The lowest BCUT2D eigenvalue weighted by molar-refractivity contribution is -0.142. The van der Waals surface area contributed by atoms with E-state index in [1.54, 1.807) is 0 Å². The van der Waals surface area contributed by atoms with Gasteiger partial charge in [0, 0.05) is 0 Å². The summed E-state index contributed by atoms with van der Waals surface area (Å²) in [6, 6.07) is 0. The van der Waals surface area contributed by atoms with E-state index in [2.05, 4.69) is 12.6 Å². The minimum absolute atomic E-state index is 0.343. The molecule has 2 N–H and O–H groups in total. The van der Waals surface area contributed by atoms with E-state index >= 15 is 0 Å². The van der Waals surface area contributed by atoms with Crippen LogP contribution in [-0.4, -0.2) is 32.8 Å². The predicted molar refractivity (Wildman–Crippen MR) is 46.3 cm³/mol. The standard InChI is InChI=1S/C7H12O4S/c1-4(8)6(12)7(2,11)3-5(9)10/h6,11-12H,3H2,1-2H3,(H,9,10). The maximum Gasteiger partial charge on any atom is 0.306 e. The molecule has 4 nitrogen and oxygen atoms in total. The summed E-state index contributed by atoms with van der Waals surface area (Å²) < 4.78 is 0. The fraction of sp³-hybridized carbons (Fsp3) is 0.714. The molecule has 0 saturated carbocycles. The van der Waals surface area contributed by atoms with E-state index in [1.807, 2.05) is 0 Å². The number of rotatable bonds is 4. The first-order valence-corrected chi connectivity index (χ1v) is 3.91. The minimum atomic E-state index is -1.58. The molecule has 70 valence electrons. The number of hydrogen-bond donors (Lipinski definition) is 3. The van der Waals surface area contributed by atoms with Gasteiger partial charge in [-0.1, -0.05) is 0 Å². The first-order valence-electron chi connectivity index (χ1n) is 3.40. The van der Waals surface area contributed by atoms with Crippen molar-refractivity contribution < 1.29 is 19.8 Å². The van der Waals surface area contributed by atoms with Gasteiger partial charge in [-0.15, -0.1) is 0 Å². The zero-order valence-electron chi connectivity index (χ0n) is 6.94. The molecule has 0 fully saturated rings. The Hall–Kier alpha value is -0.550. The molecule has 5 heteroatoms. The van der Waals surface area contributed by atoms with E-state index in [-0.39, 0.29) is 5.78 Å². The predicted octanol–water partition coefficient (Wildman–Crippen LogP) is 0.0995. The molecule has 0 spiro atoms. The molecule has 0 aromatic heterocycles. The molecule has 0 aliphatic rings. The lowest BCUT2D eigenvalue weighted by Crippen LogP contribution is -2.41. The van der Waals surface area contributed by atoms with Crippen LogP contribution in [0.1, 0.15) is 20.3 Å². The van der Waals surface area contributed by atoms with Crippen LogP contribution in [0.2, 0.25) is 0 Å². The van der Waals surface area contributed by atoms with Crippen LogP contribution < -0.4 is 0 Å². The van der Waals surface area contributed by atoms with E-state index in [4.69, 9.17) is 5.11 Å². The average Bonchev–Trinajstić information content (AvgIpc) is 1.82. The smallest absolute Gasteiger partial charge is 0.306 e. The summed E-state index contributed by atoms with van der Waals surface area (Å²) in [7, 11) is 0. The number of ketones is 1. The third kappa shape index (κ3) is 3.23. The molecule has 0 radical (unpaired) electrons. The van der Waals surface area contributed by atoms with Gasteiger partial charge in [0.1, 0.15) is 5.78 Å². The van der Waals surface area contributed by atoms with Crippen LogP contribution in [0.15, 0.2) is 0 Å². The summed E-state index contributed by atoms with van der Waals surface area (Å²) in [6.45, 7) is 2.54. The van der Waals surface area contributed by atoms with Crippen molar-refractivity contribution in [1.29, 1.82) is 0 Å². The fourth-order valence-corrected chi connectivity index (χ4v) is 0.932. The molecular formula is C7H12O4S. The number of aliphatic carboxylic acids is 1. The third-order valence-electron chi connectivity index (χ3n) is 1.48. The molecule has 0 aromatic rings. The number of carboxylic acid groups (broad SMARTS) is 1. The van der Waals surface area contributed by atoms with E-state index in [9.17, 15) is 14.7 Å². The third-order valence-corrected chi connectivity index (χ3v) is 2.40. The highest BCUT2D eigenvalue weighted by molar-refractivity contribution is 7.82. The Morgan fingerprint density at radius 3 is 2.25 bits per heavy atom. The average molecular weight is 192 g/mol. The molecule has 0 saturated heterocycles. The summed E-state index contributed by atoms with van der Waals surface area (Å²) in [5.74, 6) is -1.50. The number of carboxylic acids is 1. The van der Waals surface area contributed by atoms with Gasteiger partial charge >= 0.3 is 5.97 Å². The quantitative estimate of drug-likeness (QED) is 0.552. The Bertz CT molecular complexity index is 200. The van der Waals surface area contributed by atoms with Crippen LogP contribution in [-0.2, 0) is 9.59 Å². The summed E-state index contributed by atoms with van der Waals surface area (Å²) >= 11 is 3.82. The number of carbonyl (C=O) groups excluding carboxylic acids is 1. The zero-order valence-corrected chi connectivity index (χ0v) is 7.84. The molecule has 0 aliphatic heterocycles. The van der Waals surface area contributed by atoms with E-state index in [1.165, 1.54) is 13.8 Å². The largest absolute Gasteiger partial charge is 0.481 e. The Morgan fingerprint density at radius 2 is 2.00 bits per heavy atom. The molecule has 2 atom stereocenters. The molecule has 12 heavy (non-hydrogen) atoms. The lowest BCUT2D eigenvalue weighted by Gasteiger charge is -2.25. The van der Waals surface area contributed by atoms with Crippen molar-refractivity contribution >= 4 is 24.4 Å². The first kappa shape index (κ1) is 11.4. The van der Waals surface area contributed by atoms with Crippen LogP contribution >= 0.6 is 12.6 Å². The van der Waals surface area contributed by atoms with Gasteiger partial charge in [-0.25, -0.2) is 0 Å². The van der Waals surface area contributed by atoms with Crippen LogP contribution in [0.25, 0.3) is 0 Å². The lowest BCUT2D eigenvalue weighted by atomic mass is 9.95. The van der Waals surface area contributed by atoms with E-state index in [0.717, 1.165) is 0 Å². The van der Waals surface area contributed by atoms with E-state index < -0.39 is 23.2 Å².